The van der Waals surface area contributed by atoms with Crippen LogP contribution >= 0.6 is 0 Å². The molecule has 9 heteroatoms. The molecule has 0 unspecified atom stereocenters. The Kier molecular flexibility index (Phi) is 5.25. The quantitative estimate of drug-likeness (QED) is 0.613. The molecular weight excluding hydrogens is 430 g/mol. The zero-order valence-electron chi connectivity index (χ0n) is 19.5. The average molecular weight is 458 g/mol. The molecule has 1 fully saturated rings. The number of morpholine rings is 1. The largest absolute Gasteiger partial charge is 0.383 e. The van der Waals surface area contributed by atoms with Crippen molar-refractivity contribution in [2.45, 2.75) is 45.8 Å². The summed E-state index contributed by atoms with van der Waals surface area (Å²) in [4.78, 5) is 26.0. The zero-order chi connectivity index (χ0) is 24.1. The van der Waals surface area contributed by atoms with Crippen LogP contribution in [0.5, 0.6) is 0 Å². The first-order valence-corrected chi connectivity index (χ1v) is 11.5. The predicted octanol–water partition coefficient (Wildman–Crippen LogP) is 3.06. The number of aryl methyl sites for hydroxylation is 1. The van der Waals surface area contributed by atoms with Crippen molar-refractivity contribution in [3.05, 3.63) is 41.0 Å². The maximum absolute atomic E-state index is 13.2. The van der Waals surface area contributed by atoms with Crippen molar-refractivity contribution in [2.24, 2.45) is 0 Å². The number of nitriles is 1. The number of fused-ring (bicyclic) bond motifs is 3. The van der Waals surface area contributed by atoms with Gasteiger partial charge in [-0.05, 0) is 38.0 Å². The van der Waals surface area contributed by atoms with Crippen LogP contribution in [0.2, 0.25) is 0 Å². The standard InChI is InChI=1S/C25H27N7O2/c1-4-15-6-5-7-16(8-15)32-19(33)9-17-20-18(10-26)24(31-11-13(2)34-14(3)12-31)29-22(27)21(20)23(28)30-25(17)32/h5-8,13-14H,4,9,11-12H2,1-3H3,(H2,27,29)(H2,28,30)/t13-,14-/m1/s1. The summed E-state index contributed by atoms with van der Waals surface area (Å²) in [6.07, 6.45) is 0.898. The van der Waals surface area contributed by atoms with Crippen LogP contribution in [-0.4, -0.2) is 41.2 Å². The molecule has 1 amide bonds. The van der Waals surface area contributed by atoms with E-state index in [1.807, 2.05) is 43.0 Å². The number of amides is 1. The van der Waals surface area contributed by atoms with Gasteiger partial charge in [0.25, 0.3) is 0 Å². The minimum absolute atomic E-state index is 0.0230. The molecule has 1 saturated heterocycles. The van der Waals surface area contributed by atoms with E-state index in [4.69, 9.17) is 16.2 Å². The fourth-order valence-corrected chi connectivity index (χ4v) is 5.07. The van der Waals surface area contributed by atoms with E-state index in [0.29, 0.717) is 46.6 Å². The Balaban J connectivity index is 1.75. The summed E-state index contributed by atoms with van der Waals surface area (Å²) in [5.74, 6) is 1.15. The number of hydrogen-bond acceptors (Lipinski definition) is 8. The SMILES string of the molecule is CCc1cccc(N2C(=O)Cc3c2nc(N)c2c(N)nc(N4C[C@@H](C)O[C@H](C)C4)c(C#N)c32)c1. The fraction of sp³-hybridized carbons (Fsp3) is 0.360. The number of hydrogen-bond donors (Lipinski definition) is 2. The topological polar surface area (TPSA) is 134 Å². The van der Waals surface area contributed by atoms with E-state index in [9.17, 15) is 10.1 Å². The predicted molar refractivity (Wildman–Crippen MR) is 132 cm³/mol. The Morgan fingerprint density at radius 1 is 1.12 bits per heavy atom. The number of nitrogens with zero attached hydrogens (tertiary/aromatic N) is 5. The lowest BCUT2D eigenvalue weighted by molar-refractivity contribution is -0.116. The van der Waals surface area contributed by atoms with Gasteiger partial charge in [0.2, 0.25) is 5.91 Å². The number of carbonyl (C=O) groups is 1. The summed E-state index contributed by atoms with van der Waals surface area (Å²) >= 11 is 0. The second kappa shape index (κ2) is 8.15. The van der Waals surface area contributed by atoms with Crippen LogP contribution in [-0.2, 0) is 22.4 Å². The number of anilines is 5. The lowest BCUT2D eigenvalue weighted by Gasteiger charge is -2.36. The van der Waals surface area contributed by atoms with E-state index < -0.39 is 0 Å². The van der Waals surface area contributed by atoms with Gasteiger partial charge in [-0.3, -0.25) is 9.69 Å². The van der Waals surface area contributed by atoms with Crippen molar-refractivity contribution < 1.29 is 9.53 Å². The normalized spacial score (nSPS) is 20.0. The monoisotopic (exact) mass is 457 g/mol. The molecule has 1 aromatic carbocycles. The molecule has 4 heterocycles. The van der Waals surface area contributed by atoms with E-state index in [1.165, 1.54) is 0 Å². The molecule has 34 heavy (non-hydrogen) atoms. The highest BCUT2D eigenvalue weighted by molar-refractivity contribution is 6.15. The molecule has 0 spiro atoms. The molecule has 0 aliphatic carbocycles. The number of nitrogen functional groups attached to an aromatic ring is 2. The van der Waals surface area contributed by atoms with Crippen molar-refractivity contribution in [3.8, 4) is 6.07 Å². The van der Waals surface area contributed by atoms with Crippen molar-refractivity contribution in [2.75, 3.05) is 34.4 Å². The first-order valence-electron chi connectivity index (χ1n) is 11.5. The highest BCUT2D eigenvalue weighted by Gasteiger charge is 2.36. The molecule has 0 saturated carbocycles. The van der Waals surface area contributed by atoms with E-state index in [-0.39, 0.29) is 36.2 Å². The van der Waals surface area contributed by atoms with E-state index in [1.54, 1.807) is 4.90 Å². The van der Waals surface area contributed by atoms with Crippen LogP contribution in [0.1, 0.15) is 37.5 Å². The van der Waals surface area contributed by atoms with Gasteiger partial charge in [-0.15, -0.1) is 0 Å². The Bertz CT molecular complexity index is 1350. The van der Waals surface area contributed by atoms with Gasteiger partial charge in [-0.2, -0.15) is 5.26 Å². The van der Waals surface area contributed by atoms with Crippen molar-refractivity contribution in [1.29, 1.82) is 5.26 Å². The lowest BCUT2D eigenvalue weighted by Crippen LogP contribution is -2.46. The molecule has 0 radical (unpaired) electrons. The van der Waals surface area contributed by atoms with Gasteiger partial charge in [0.1, 0.15) is 34.9 Å². The van der Waals surface area contributed by atoms with Gasteiger partial charge in [0.15, 0.2) is 0 Å². The lowest BCUT2D eigenvalue weighted by atomic mass is 10.00. The van der Waals surface area contributed by atoms with Crippen molar-refractivity contribution in [1.82, 2.24) is 9.97 Å². The molecule has 2 aromatic heterocycles. The minimum atomic E-state index is -0.128. The summed E-state index contributed by atoms with van der Waals surface area (Å²) in [5, 5.41) is 11.2. The number of aromatic nitrogens is 2. The number of pyridine rings is 2. The Hall–Kier alpha value is -3.90. The molecule has 2 atom stereocenters. The molecule has 9 nitrogen and oxygen atoms in total. The highest BCUT2D eigenvalue weighted by atomic mass is 16.5. The first kappa shape index (κ1) is 21.9. The maximum atomic E-state index is 13.2. The number of benzene rings is 1. The number of nitrogens with two attached hydrogens (primary N) is 2. The van der Waals surface area contributed by atoms with Crippen LogP contribution in [0.4, 0.5) is 29.0 Å². The van der Waals surface area contributed by atoms with Crippen LogP contribution < -0.4 is 21.3 Å². The Morgan fingerprint density at radius 3 is 2.44 bits per heavy atom. The number of carbonyl (C=O) groups excluding carboxylic acids is 1. The summed E-state index contributed by atoms with van der Waals surface area (Å²) < 4.78 is 5.85. The summed E-state index contributed by atoms with van der Waals surface area (Å²) in [7, 11) is 0. The molecule has 2 aliphatic rings. The molecule has 2 aliphatic heterocycles. The van der Waals surface area contributed by atoms with E-state index in [0.717, 1.165) is 17.7 Å². The molecule has 3 aromatic rings. The van der Waals surface area contributed by atoms with Crippen LogP contribution in [0.3, 0.4) is 0 Å². The van der Waals surface area contributed by atoms with Crippen molar-refractivity contribution >= 4 is 45.6 Å². The molecule has 5 rings (SSSR count). The van der Waals surface area contributed by atoms with Crippen LogP contribution in [0, 0.1) is 11.3 Å². The van der Waals surface area contributed by atoms with Gasteiger partial charge < -0.3 is 21.1 Å². The van der Waals surface area contributed by atoms with Gasteiger partial charge in [0.05, 0.1) is 29.7 Å². The third-order valence-corrected chi connectivity index (χ3v) is 6.46. The molecular formula is C25H27N7O2. The maximum Gasteiger partial charge on any atom is 0.237 e. The van der Waals surface area contributed by atoms with Gasteiger partial charge in [0, 0.05) is 24.0 Å². The molecule has 174 valence electrons. The summed E-state index contributed by atoms with van der Waals surface area (Å²) in [5.41, 5.74) is 15.6. The Labute approximate surface area is 197 Å². The van der Waals surface area contributed by atoms with Crippen molar-refractivity contribution in [3.63, 3.8) is 0 Å². The first-order chi connectivity index (χ1) is 16.3. The fourth-order valence-electron chi connectivity index (χ4n) is 5.07. The Morgan fingerprint density at radius 2 is 1.79 bits per heavy atom. The average Bonchev–Trinajstić information content (AvgIpc) is 3.13. The molecule has 4 N–H and O–H groups in total. The van der Waals surface area contributed by atoms with Gasteiger partial charge in [-0.25, -0.2) is 9.97 Å². The van der Waals surface area contributed by atoms with Crippen LogP contribution in [0.15, 0.2) is 24.3 Å². The summed E-state index contributed by atoms with van der Waals surface area (Å²) in [6, 6.07) is 10.1. The third-order valence-electron chi connectivity index (χ3n) is 6.46. The summed E-state index contributed by atoms with van der Waals surface area (Å²) in [6.45, 7) is 7.19. The minimum Gasteiger partial charge on any atom is -0.383 e. The highest BCUT2D eigenvalue weighted by Crippen LogP contribution is 2.44. The van der Waals surface area contributed by atoms with E-state index in [2.05, 4.69) is 23.0 Å². The van der Waals surface area contributed by atoms with E-state index >= 15 is 0 Å². The number of ether oxygens (including phenoxy) is 1. The second-order valence-electron chi connectivity index (χ2n) is 8.95. The van der Waals surface area contributed by atoms with Gasteiger partial charge in [-0.1, -0.05) is 19.1 Å². The smallest absolute Gasteiger partial charge is 0.237 e. The van der Waals surface area contributed by atoms with Crippen LogP contribution in [0.25, 0.3) is 10.8 Å². The third kappa shape index (κ3) is 3.38. The number of rotatable bonds is 3. The van der Waals surface area contributed by atoms with Gasteiger partial charge >= 0.3 is 0 Å². The second-order valence-corrected chi connectivity index (χ2v) is 8.95. The molecule has 0 bridgehead atoms. The zero-order valence-corrected chi connectivity index (χ0v) is 19.5.